The van der Waals surface area contributed by atoms with Gasteiger partial charge in [0.05, 0.1) is 11.3 Å². The van der Waals surface area contributed by atoms with Gasteiger partial charge < -0.3 is 15.5 Å². The van der Waals surface area contributed by atoms with Gasteiger partial charge in [0.25, 0.3) is 0 Å². The average Bonchev–Trinajstić information content (AvgIpc) is 3.27. The zero-order valence-corrected chi connectivity index (χ0v) is 15.4. The monoisotopic (exact) mass is 359 g/mol. The Morgan fingerprint density at radius 1 is 1.40 bits per heavy atom. The second kappa shape index (κ2) is 6.88. The SMILES string of the molecule is CC1CC(CN)CN1C(=O)C1CCCN(c2ncnc3sccc23)C1. The number of amides is 1. The van der Waals surface area contributed by atoms with Crippen LogP contribution in [-0.2, 0) is 4.79 Å². The number of thiophene rings is 1. The van der Waals surface area contributed by atoms with Gasteiger partial charge in [-0.3, -0.25) is 4.79 Å². The first-order valence-electron chi connectivity index (χ1n) is 9.11. The summed E-state index contributed by atoms with van der Waals surface area (Å²) < 4.78 is 0. The molecule has 0 radical (unpaired) electrons. The minimum Gasteiger partial charge on any atom is -0.355 e. The number of nitrogens with two attached hydrogens (primary N) is 1. The van der Waals surface area contributed by atoms with Crippen LogP contribution in [0.4, 0.5) is 5.82 Å². The minimum absolute atomic E-state index is 0.0522. The third-order valence-electron chi connectivity index (χ3n) is 5.59. The van der Waals surface area contributed by atoms with Crippen LogP contribution < -0.4 is 10.6 Å². The average molecular weight is 359 g/mol. The molecular weight excluding hydrogens is 334 g/mol. The van der Waals surface area contributed by atoms with E-state index in [0.29, 0.717) is 24.4 Å². The molecule has 2 aromatic heterocycles. The maximum Gasteiger partial charge on any atom is 0.227 e. The highest BCUT2D eigenvalue weighted by atomic mass is 32.1. The zero-order chi connectivity index (χ0) is 17.4. The molecule has 4 rings (SSSR count). The van der Waals surface area contributed by atoms with E-state index in [1.807, 2.05) is 5.38 Å². The first-order chi connectivity index (χ1) is 12.2. The van der Waals surface area contributed by atoms with Gasteiger partial charge in [0.15, 0.2) is 0 Å². The molecule has 2 aromatic rings. The summed E-state index contributed by atoms with van der Waals surface area (Å²) in [6.45, 7) is 5.33. The van der Waals surface area contributed by atoms with Gasteiger partial charge in [0.1, 0.15) is 17.0 Å². The van der Waals surface area contributed by atoms with Crippen LogP contribution in [0.1, 0.15) is 26.2 Å². The van der Waals surface area contributed by atoms with Gasteiger partial charge in [-0.15, -0.1) is 11.3 Å². The summed E-state index contributed by atoms with van der Waals surface area (Å²) in [4.78, 5) is 27.3. The Bertz CT molecular complexity index is 763. The first-order valence-corrected chi connectivity index (χ1v) is 9.99. The second-order valence-electron chi connectivity index (χ2n) is 7.30. The van der Waals surface area contributed by atoms with Crippen molar-refractivity contribution in [3.05, 3.63) is 17.8 Å². The van der Waals surface area contributed by atoms with Crippen molar-refractivity contribution in [3.8, 4) is 0 Å². The third kappa shape index (κ3) is 3.11. The van der Waals surface area contributed by atoms with E-state index in [0.717, 1.165) is 54.9 Å². The Kier molecular flexibility index (Phi) is 4.60. The molecule has 1 amide bonds. The van der Waals surface area contributed by atoms with Crippen LogP contribution >= 0.6 is 11.3 Å². The molecule has 0 aliphatic carbocycles. The highest BCUT2D eigenvalue weighted by Gasteiger charge is 2.37. The molecule has 134 valence electrons. The summed E-state index contributed by atoms with van der Waals surface area (Å²) in [5.74, 6) is 1.77. The van der Waals surface area contributed by atoms with E-state index in [1.165, 1.54) is 0 Å². The summed E-state index contributed by atoms with van der Waals surface area (Å²) in [5, 5.41) is 3.15. The quantitative estimate of drug-likeness (QED) is 0.908. The molecule has 25 heavy (non-hydrogen) atoms. The lowest BCUT2D eigenvalue weighted by molar-refractivity contribution is -0.136. The van der Waals surface area contributed by atoms with Gasteiger partial charge in [0.2, 0.25) is 5.91 Å². The number of fused-ring (bicyclic) bond motifs is 1. The lowest BCUT2D eigenvalue weighted by Gasteiger charge is -2.36. The fraction of sp³-hybridized carbons (Fsp3) is 0.611. The standard InChI is InChI=1S/C18H25N5OS/c1-12-7-13(8-19)9-23(12)18(24)14-3-2-5-22(10-14)16-15-4-6-25-17(15)21-11-20-16/h4,6,11-14H,2-3,5,7-10,19H2,1H3. The third-order valence-corrected chi connectivity index (χ3v) is 6.41. The number of likely N-dealkylation sites (tertiary alicyclic amines) is 1. The smallest absolute Gasteiger partial charge is 0.227 e. The van der Waals surface area contributed by atoms with E-state index >= 15 is 0 Å². The van der Waals surface area contributed by atoms with Crippen molar-refractivity contribution in [1.29, 1.82) is 0 Å². The van der Waals surface area contributed by atoms with Gasteiger partial charge in [-0.25, -0.2) is 9.97 Å². The number of carbonyl (C=O) groups excluding carboxylic acids is 1. The number of anilines is 1. The minimum atomic E-state index is 0.0522. The number of hydrogen-bond acceptors (Lipinski definition) is 6. The second-order valence-corrected chi connectivity index (χ2v) is 8.19. The highest BCUT2D eigenvalue weighted by Crippen LogP contribution is 2.32. The molecule has 2 aliphatic heterocycles. The molecule has 2 N–H and O–H groups in total. The molecule has 0 aromatic carbocycles. The van der Waals surface area contributed by atoms with E-state index in [9.17, 15) is 4.79 Å². The topological polar surface area (TPSA) is 75.3 Å². The molecule has 6 nitrogen and oxygen atoms in total. The van der Waals surface area contributed by atoms with Gasteiger partial charge in [-0.2, -0.15) is 0 Å². The first kappa shape index (κ1) is 16.7. The van der Waals surface area contributed by atoms with Crippen LogP contribution in [0, 0.1) is 11.8 Å². The summed E-state index contributed by atoms with van der Waals surface area (Å²) >= 11 is 1.63. The number of piperidine rings is 1. The van der Waals surface area contributed by atoms with Crippen molar-refractivity contribution < 1.29 is 4.79 Å². The molecule has 3 atom stereocenters. The molecule has 3 unspecified atom stereocenters. The predicted molar refractivity (Wildman–Crippen MR) is 101 cm³/mol. The lowest BCUT2D eigenvalue weighted by atomic mass is 9.96. The number of aromatic nitrogens is 2. The Morgan fingerprint density at radius 2 is 2.28 bits per heavy atom. The van der Waals surface area contributed by atoms with Crippen molar-refractivity contribution in [1.82, 2.24) is 14.9 Å². The van der Waals surface area contributed by atoms with Gasteiger partial charge in [0, 0.05) is 25.7 Å². The lowest BCUT2D eigenvalue weighted by Crippen LogP contribution is -2.46. The van der Waals surface area contributed by atoms with Gasteiger partial charge in [-0.05, 0) is 50.1 Å². The molecule has 2 fully saturated rings. The molecule has 4 heterocycles. The molecule has 7 heteroatoms. The molecule has 2 aliphatic rings. The van der Waals surface area contributed by atoms with E-state index in [2.05, 4.69) is 32.8 Å². The van der Waals surface area contributed by atoms with Crippen LogP contribution in [0.15, 0.2) is 17.8 Å². The van der Waals surface area contributed by atoms with Gasteiger partial charge in [-0.1, -0.05) is 0 Å². The molecule has 2 saturated heterocycles. The fourth-order valence-corrected chi connectivity index (χ4v) is 4.98. The van der Waals surface area contributed by atoms with Crippen molar-refractivity contribution in [3.63, 3.8) is 0 Å². The fourth-order valence-electron chi connectivity index (χ4n) is 4.25. The van der Waals surface area contributed by atoms with Crippen LogP contribution in [0.2, 0.25) is 0 Å². The molecule has 0 spiro atoms. The van der Waals surface area contributed by atoms with E-state index in [4.69, 9.17) is 5.73 Å². The normalized spacial score (nSPS) is 27.2. The molecule has 0 saturated carbocycles. The molecular formula is C18H25N5OS. The van der Waals surface area contributed by atoms with Crippen molar-refractivity contribution in [2.45, 2.75) is 32.2 Å². The van der Waals surface area contributed by atoms with E-state index in [-0.39, 0.29) is 5.92 Å². The van der Waals surface area contributed by atoms with Crippen LogP contribution in [0.5, 0.6) is 0 Å². The molecule has 0 bridgehead atoms. The highest BCUT2D eigenvalue weighted by molar-refractivity contribution is 7.16. The van der Waals surface area contributed by atoms with Crippen LogP contribution in [0.3, 0.4) is 0 Å². The van der Waals surface area contributed by atoms with Gasteiger partial charge >= 0.3 is 0 Å². The number of nitrogens with zero attached hydrogens (tertiary/aromatic N) is 4. The van der Waals surface area contributed by atoms with E-state index in [1.54, 1.807) is 17.7 Å². The Hall–Kier alpha value is -1.73. The Labute approximate surface area is 152 Å². The van der Waals surface area contributed by atoms with Crippen LogP contribution in [-0.4, -0.2) is 53.0 Å². The maximum absolute atomic E-state index is 13.1. The summed E-state index contributed by atoms with van der Waals surface area (Å²) in [6.07, 6.45) is 4.65. The maximum atomic E-state index is 13.1. The number of rotatable bonds is 3. The van der Waals surface area contributed by atoms with Crippen LogP contribution in [0.25, 0.3) is 10.2 Å². The largest absolute Gasteiger partial charge is 0.355 e. The zero-order valence-electron chi connectivity index (χ0n) is 14.6. The predicted octanol–water partition coefficient (Wildman–Crippen LogP) is 2.10. The summed E-state index contributed by atoms with van der Waals surface area (Å²) in [6, 6.07) is 2.38. The van der Waals surface area contributed by atoms with Crippen molar-refractivity contribution in [2.75, 3.05) is 31.1 Å². The summed E-state index contributed by atoms with van der Waals surface area (Å²) in [7, 11) is 0. The summed E-state index contributed by atoms with van der Waals surface area (Å²) in [5.41, 5.74) is 5.82. The van der Waals surface area contributed by atoms with Crippen molar-refractivity contribution in [2.24, 2.45) is 17.6 Å². The van der Waals surface area contributed by atoms with E-state index < -0.39 is 0 Å². The number of carbonyl (C=O) groups is 1. The Balaban J connectivity index is 1.51. The van der Waals surface area contributed by atoms with Crippen molar-refractivity contribution >= 4 is 33.3 Å². The number of hydrogen-bond donors (Lipinski definition) is 1. The Morgan fingerprint density at radius 3 is 3.08 bits per heavy atom.